The first-order chi connectivity index (χ1) is 24.0. The molecule has 0 spiro atoms. The molecule has 13 heteroatoms. The van der Waals surface area contributed by atoms with E-state index in [1.54, 1.807) is 12.1 Å². The van der Waals surface area contributed by atoms with Crippen LogP contribution in [0.2, 0.25) is 10.0 Å². The van der Waals surface area contributed by atoms with Gasteiger partial charge in [0.05, 0.1) is 5.54 Å². The van der Waals surface area contributed by atoms with E-state index in [1.165, 1.54) is 17.7 Å². The number of halogens is 5. The number of rotatable bonds is 11. The number of carbonyl (C=O) groups excluding carboxylic acids is 1. The number of piperidine rings is 1. The van der Waals surface area contributed by atoms with E-state index in [2.05, 4.69) is 47.9 Å². The predicted octanol–water partition coefficient (Wildman–Crippen LogP) is 6.56. The third-order valence-corrected chi connectivity index (χ3v) is 11.1. The standard InChI is InChI=1S/C37H41Cl2F3N6O2/c38-32-3-1-4-33(39)31(32)23-48-21-26-18-27(48)20-47(26)19-24-5-10-34-29(17-24)30(25-6-8-28(9-7-25)50-37(40,41)42)22-46(34)16-2-13-45-35(49)36(43)11-14-44-15-12-36/h1,3-10,17,22,26-27,44H,2,11-16,18-21,23,43H2,(H,45,49). The van der Waals surface area contributed by atoms with Crippen molar-refractivity contribution in [2.24, 2.45) is 5.73 Å². The van der Waals surface area contributed by atoms with Crippen LogP contribution in [0.15, 0.2) is 66.9 Å². The van der Waals surface area contributed by atoms with Crippen LogP contribution in [0.25, 0.3) is 22.0 Å². The minimum atomic E-state index is -4.76. The molecule has 0 saturated carbocycles. The highest BCUT2D eigenvalue weighted by Gasteiger charge is 2.43. The highest BCUT2D eigenvalue weighted by Crippen LogP contribution is 2.37. The molecule has 0 radical (unpaired) electrons. The van der Waals surface area contributed by atoms with Crippen molar-refractivity contribution < 1.29 is 22.7 Å². The maximum Gasteiger partial charge on any atom is 0.573 e. The van der Waals surface area contributed by atoms with Crippen LogP contribution in [-0.2, 0) is 24.4 Å². The number of piperazine rings is 1. The third kappa shape index (κ3) is 7.63. The fourth-order valence-electron chi connectivity index (χ4n) is 7.76. The quantitative estimate of drug-likeness (QED) is 0.152. The Morgan fingerprint density at radius 1 is 0.980 bits per heavy atom. The lowest BCUT2D eigenvalue weighted by molar-refractivity contribution is -0.274. The number of amides is 1. The largest absolute Gasteiger partial charge is 0.573 e. The summed E-state index contributed by atoms with van der Waals surface area (Å²) in [5.41, 5.74) is 10.4. The van der Waals surface area contributed by atoms with Crippen LogP contribution in [0.5, 0.6) is 5.75 Å². The number of ether oxygens (including phenoxy) is 1. The molecule has 1 amide bonds. The first-order valence-corrected chi connectivity index (χ1v) is 17.9. The number of nitrogens with two attached hydrogens (primary N) is 1. The number of alkyl halides is 3. The minimum Gasteiger partial charge on any atom is -0.406 e. The number of benzene rings is 3. The molecular weight excluding hydrogens is 688 g/mol. The molecule has 3 saturated heterocycles. The Labute approximate surface area is 299 Å². The summed E-state index contributed by atoms with van der Waals surface area (Å²) in [6, 6.07) is 19.0. The molecule has 4 heterocycles. The van der Waals surface area contributed by atoms with E-state index in [4.69, 9.17) is 28.9 Å². The second-order valence-corrected chi connectivity index (χ2v) is 14.6. The minimum absolute atomic E-state index is 0.116. The van der Waals surface area contributed by atoms with E-state index in [0.29, 0.717) is 54.5 Å². The zero-order valence-electron chi connectivity index (χ0n) is 27.6. The van der Waals surface area contributed by atoms with Crippen LogP contribution in [0, 0.1) is 0 Å². The van der Waals surface area contributed by atoms with E-state index in [1.807, 2.05) is 24.4 Å². The van der Waals surface area contributed by atoms with Gasteiger partial charge in [0, 0.05) is 89.6 Å². The summed E-state index contributed by atoms with van der Waals surface area (Å²) in [4.78, 5) is 17.8. The van der Waals surface area contributed by atoms with Crippen LogP contribution in [0.3, 0.4) is 0 Å². The molecule has 2 unspecified atom stereocenters. The zero-order valence-corrected chi connectivity index (χ0v) is 29.1. The maximum absolute atomic E-state index is 12.8. The second-order valence-electron chi connectivity index (χ2n) is 13.8. The van der Waals surface area contributed by atoms with E-state index < -0.39 is 11.9 Å². The van der Waals surface area contributed by atoms with Gasteiger partial charge >= 0.3 is 6.36 Å². The molecule has 2 bridgehead atoms. The topological polar surface area (TPSA) is 87.8 Å². The third-order valence-electron chi connectivity index (χ3n) is 10.4. The van der Waals surface area contributed by atoms with Gasteiger partial charge in [0.25, 0.3) is 0 Å². The molecule has 3 aliphatic heterocycles. The van der Waals surface area contributed by atoms with Gasteiger partial charge < -0.3 is 25.7 Å². The lowest BCUT2D eigenvalue weighted by Crippen LogP contribution is -2.59. The Hall–Kier alpha value is -3.32. The SMILES string of the molecule is NC1(C(=O)NCCCn2cc(-c3ccc(OC(F)(F)F)cc3)c3cc(CN4CC5CC4CN5Cc4c(Cl)cccc4Cl)ccc32)CCNCC1. The maximum atomic E-state index is 12.8. The van der Waals surface area contributed by atoms with Crippen molar-refractivity contribution in [2.45, 2.75) is 69.3 Å². The molecule has 4 N–H and O–H groups in total. The molecular formula is C37H41Cl2F3N6O2. The van der Waals surface area contributed by atoms with E-state index >= 15 is 0 Å². The number of aromatic nitrogens is 1. The monoisotopic (exact) mass is 728 g/mol. The Morgan fingerprint density at radius 2 is 1.66 bits per heavy atom. The molecule has 3 fully saturated rings. The molecule has 50 heavy (non-hydrogen) atoms. The fourth-order valence-corrected chi connectivity index (χ4v) is 8.28. The molecule has 3 aromatic carbocycles. The van der Waals surface area contributed by atoms with Crippen LogP contribution >= 0.6 is 23.2 Å². The van der Waals surface area contributed by atoms with Crippen molar-refractivity contribution in [1.82, 2.24) is 25.0 Å². The number of hydrogen-bond acceptors (Lipinski definition) is 6. The van der Waals surface area contributed by atoms with Crippen molar-refractivity contribution >= 4 is 40.0 Å². The van der Waals surface area contributed by atoms with Gasteiger partial charge in [0.1, 0.15) is 5.75 Å². The highest BCUT2D eigenvalue weighted by atomic mass is 35.5. The van der Waals surface area contributed by atoms with Gasteiger partial charge in [0.2, 0.25) is 5.91 Å². The summed E-state index contributed by atoms with van der Waals surface area (Å²) in [5.74, 6) is -0.378. The smallest absolute Gasteiger partial charge is 0.406 e. The molecule has 7 rings (SSSR count). The van der Waals surface area contributed by atoms with Gasteiger partial charge in [-0.2, -0.15) is 0 Å². The Kier molecular flexibility index (Phi) is 10.1. The fraction of sp³-hybridized carbons (Fsp3) is 0.432. The first kappa shape index (κ1) is 35.1. The van der Waals surface area contributed by atoms with Crippen LogP contribution in [0.1, 0.15) is 36.8 Å². The number of hydrogen-bond donors (Lipinski definition) is 3. The molecule has 2 atom stereocenters. The average molecular weight is 730 g/mol. The highest BCUT2D eigenvalue weighted by molar-refractivity contribution is 6.36. The van der Waals surface area contributed by atoms with Crippen molar-refractivity contribution in [1.29, 1.82) is 0 Å². The van der Waals surface area contributed by atoms with Gasteiger partial charge in [-0.15, -0.1) is 13.2 Å². The van der Waals surface area contributed by atoms with Crippen LogP contribution in [-0.4, -0.2) is 77.0 Å². The molecule has 266 valence electrons. The normalized spacial score (nSPS) is 20.8. The Balaban J connectivity index is 1.06. The molecule has 8 nitrogen and oxygen atoms in total. The van der Waals surface area contributed by atoms with E-state index in [-0.39, 0.29) is 11.7 Å². The number of aryl methyl sites for hydroxylation is 1. The summed E-state index contributed by atoms with van der Waals surface area (Å²) in [6.45, 7) is 6.01. The average Bonchev–Trinajstić information content (AvgIpc) is 3.77. The summed E-state index contributed by atoms with van der Waals surface area (Å²) in [6.07, 6.45) is 0.283. The van der Waals surface area contributed by atoms with Crippen LogP contribution in [0.4, 0.5) is 13.2 Å². The molecule has 1 aromatic heterocycles. The Morgan fingerprint density at radius 3 is 2.32 bits per heavy atom. The summed E-state index contributed by atoms with van der Waals surface area (Å²) in [5, 5.41) is 8.68. The van der Waals surface area contributed by atoms with Gasteiger partial charge in [-0.3, -0.25) is 14.6 Å². The summed E-state index contributed by atoms with van der Waals surface area (Å²) >= 11 is 12.9. The van der Waals surface area contributed by atoms with Crippen molar-refractivity contribution in [2.75, 3.05) is 32.7 Å². The molecule has 0 aliphatic carbocycles. The van der Waals surface area contributed by atoms with E-state index in [9.17, 15) is 18.0 Å². The number of nitrogens with one attached hydrogen (secondary N) is 2. The zero-order chi connectivity index (χ0) is 35.0. The molecule has 4 aromatic rings. The first-order valence-electron chi connectivity index (χ1n) is 17.1. The van der Waals surface area contributed by atoms with Gasteiger partial charge in [0.15, 0.2) is 0 Å². The summed E-state index contributed by atoms with van der Waals surface area (Å²) in [7, 11) is 0. The number of likely N-dealkylation sites (tertiary alicyclic amines) is 2. The van der Waals surface area contributed by atoms with Crippen molar-refractivity contribution in [3.63, 3.8) is 0 Å². The number of nitrogens with zero attached hydrogens (tertiary/aromatic N) is 3. The lowest BCUT2D eigenvalue weighted by Gasteiger charge is -2.34. The van der Waals surface area contributed by atoms with Gasteiger partial charge in [-0.05, 0) is 86.3 Å². The predicted molar refractivity (Wildman–Crippen MR) is 190 cm³/mol. The molecule has 3 aliphatic rings. The van der Waals surface area contributed by atoms with Crippen LogP contribution < -0.4 is 21.1 Å². The Bertz CT molecular complexity index is 1820. The number of fused-ring (bicyclic) bond motifs is 3. The second kappa shape index (κ2) is 14.4. The van der Waals surface area contributed by atoms with Gasteiger partial charge in [-0.1, -0.05) is 47.5 Å². The van der Waals surface area contributed by atoms with Gasteiger partial charge in [-0.25, -0.2) is 0 Å². The summed E-state index contributed by atoms with van der Waals surface area (Å²) < 4.78 is 44.8. The van der Waals surface area contributed by atoms with Crippen molar-refractivity contribution in [3.05, 3.63) is 88.0 Å². The number of carbonyl (C=O) groups is 1. The van der Waals surface area contributed by atoms with E-state index in [0.717, 1.165) is 73.3 Å². The van der Waals surface area contributed by atoms with Crippen molar-refractivity contribution in [3.8, 4) is 16.9 Å². The lowest BCUT2D eigenvalue weighted by atomic mass is 9.88.